The second-order valence-electron chi connectivity index (χ2n) is 10.5. The van der Waals surface area contributed by atoms with Gasteiger partial charge in [-0.2, -0.15) is 0 Å². The molecular weight excluding hydrogens is 468 g/mol. The van der Waals surface area contributed by atoms with Gasteiger partial charge in [-0.05, 0) is 63.6 Å². The first-order valence-corrected chi connectivity index (χ1v) is 13.4. The van der Waals surface area contributed by atoms with Crippen molar-refractivity contribution in [3.05, 3.63) is 59.7 Å². The normalized spacial score (nSPS) is 17.1. The van der Waals surface area contributed by atoms with Gasteiger partial charge in [0.15, 0.2) is 0 Å². The fourth-order valence-corrected chi connectivity index (χ4v) is 4.62. The van der Waals surface area contributed by atoms with Gasteiger partial charge in [-0.15, -0.1) is 0 Å². The molecule has 0 bridgehead atoms. The summed E-state index contributed by atoms with van der Waals surface area (Å²) in [5.41, 5.74) is 7.10. The topological polar surface area (TPSA) is 110 Å². The van der Waals surface area contributed by atoms with Crippen molar-refractivity contribution < 1.29 is 18.8 Å². The Balaban J connectivity index is 1.85. The lowest BCUT2D eigenvalue weighted by Gasteiger charge is -2.29. The van der Waals surface area contributed by atoms with Gasteiger partial charge in [0, 0.05) is 12.5 Å². The number of rotatable bonds is 12. The Hall–Kier alpha value is -3.00. The highest BCUT2D eigenvalue weighted by atomic mass is 16.4. The van der Waals surface area contributed by atoms with Crippen LogP contribution >= 0.6 is 0 Å². The predicted molar refractivity (Wildman–Crippen MR) is 142 cm³/mol. The van der Waals surface area contributed by atoms with Crippen molar-refractivity contribution >= 4 is 17.7 Å². The van der Waals surface area contributed by atoms with Crippen LogP contribution in [-0.4, -0.2) is 52.6 Å². The molecule has 2 N–H and O–H groups in total. The number of likely N-dealkylation sites (tertiary alicyclic amines) is 1. The van der Waals surface area contributed by atoms with Gasteiger partial charge in [-0.3, -0.25) is 24.2 Å². The van der Waals surface area contributed by atoms with Gasteiger partial charge in [-0.1, -0.05) is 57.5 Å². The summed E-state index contributed by atoms with van der Waals surface area (Å²) in [4.78, 5) is 46.8. The number of carbonyl (C=O) groups excluding carboxylic acids is 3. The number of piperidine rings is 1. The first kappa shape index (κ1) is 28.6. The lowest BCUT2D eigenvalue weighted by atomic mass is 10.0. The van der Waals surface area contributed by atoms with E-state index in [1.165, 1.54) is 11.3 Å². The lowest BCUT2D eigenvalue weighted by molar-refractivity contribution is -0.125. The van der Waals surface area contributed by atoms with Gasteiger partial charge in [-0.25, -0.2) is 4.98 Å². The van der Waals surface area contributed by atoms with E-state index in [0.29, 0.717) is 24.4 Å². The summed E-state index contributed by atoms with van der Waals surface area (Å²) in [6, 6.07) is 9.97. The van der Waals surface area contributed by atoms with Crippen molar-refractivity contribution in [3.8, 4) is 0 Å². The van der Waals surface area contributed by atoms with Crippen LogP contribution in [0.1, 0.15) is 86.6 Å². The molecule has 8 nitrogen and oxygen atoms in total. The van der Waals surface area contributed by atoms with Crippen LogP contribution in [0.3, 0.4) is 0 Å². The third-order valence-electron chi connectivity index (χ3n) is 6.90. The van der Waals surface area contributed by atoms with Crippen molar-refractivity contribution in [2.75, 3.05) is 20.1 Å². The summed E-state index contributed by atoms with van der Waals surface area (Å²) < 4.78 is 6.16. The smallest absolute Gasteiger partial charge is 0.298 e. The number of nitrogens with two attached hydrogens (primary N) is 1. The molecule has 1 saturated heterocycles. The van der Waals surface area contributed by atoms with Gasteiger partial charge >= 0.3 is 0 Å². The van der Waals surface area contributed by atoms with E-state index in [2.05, 4.69) is 18.7 Å². The summed E-state index contributed by atoms with van der Waals surface area (Å²) in [7, 11) is 2.05. The van der Waals surface area contributed by atoms with Crippen LogP contribution in [0.2, 0.25) is 0 Å². The fraction of sp³-hybridized carbons (Fsp3) is 0.552. The van der Waals surface area contributed by atoms with E-state index in [1.54, 1.807) is 6.92 Å². The Labute approximate surface area is 220 Å². The third kappa shape index (κ3) is 7.99. The number of primary amides is 1. The summed E-state index contributed by atoms with van der Waals surface area (Å²) >= 11 is 0. The minimum Gasteiger partial charge on any atom is -0.433 e. The first-order chi connectivity index (χ1) is 17.7. The van der Waals surface area contributed by atoms with E-state index in [1.807, 2.05) is 37.4 Å². The van der Waals surface area contributed by atoms with Crippen LogP contribution in [0.4, 0.5) is 0 Å². The van der Waals surface area contributed by atoms with E-state index in [-0.39, 0.29) is 30.7 Å². The second-order valence-corrected chi connectivity index (χ2v) is 10.5. The molecular formula is C29H41N4O4. The number of carbonyl (C=O) groups is 3. The molecule has 2 atom stereocenters. The fourth-order valence-electron chi connectivity index (χ4n) is 4.62. The summed E-state index contributed by atoms with van der Waals surface area (Å²) in [6.45, 7) is 6.98. The molecule has 0 aliphatic carbocycles. The van der Waals surface area contributed by atoms with Gasteiger partial charge in [0.2, 0.25) is 23.5 Å². The molecule has 3 amide bonds. The van der Waals surface area contributed by atoms with Crippen molar-refractivity contribution in [2.24, 2.45) is 17.6 Å². The number of aromatic nitrogens is 1. The third-order valence-corrected chi connectivity index (χ3v) is 6.90. The van der Waals surface area contributed by atoms with Crippen LogP contribution < -0.4 is 5.73 Å². The van der Waals surface area contributed by atoms with Gasteiger partial charge in [0.25, 0.3) is 5.91 Å². The molecule has 1 aliphatic heterocycles. The Morgan fingerprint density at radius 1 is 1.19 bits per heavy atom. The van der Waals surface area contributed by atoms with Crippen LogP contribution in [0, 0.1) is 18.3 Å². The number of oxazole rings is 1. The van der Waals surface area contributed by atoms with Crippen LogP contribution in [-0.2, 0) is 22.4 Å². The molecule has 0 spiro atoms. The zero-order chi connectivity index (χ0) is 26.9. The molecule has 2 aromatic rings. The summed E-state index contributed by atoms with van der Waals surface area (Å²) in [5.74, 6) is -0.958. The minimum absolute atomic E-state index is 0.0198. The van der Waals surface area contributed by atoms with Crippen molar-refractivity contribution in [1.29, 1.82) is 0 Å². The number of aryl methyl sites for hydroxylation is 1. The molecule has 8 heteroatoms. The monoisotopic (exact) mass is 509 g/mol. The average Bonchev–Trinajstić information content (AvgIpc) is 3.28. The SMILES string of the molecule is CC(C)Cc1nc(C2CCCCN2C)oc1C(=O)N(CCCc1ccccc1)C(=O)[CH]CC(C)C(N)=O. The molecule has 1 radical (unpaired) electrons. The van der Waals surface area contributed by atoms with Crippen molar-refractivity contribution in [1.82, 2.24) is 14.8 Å². The molecule has 1 fully saturated rings. The number of nitrogens with zero attached hydrogens (tertiary/aromatic N) is 3. The molecule has 201 valence electrons. The Bertz CT molecular complexity index is 1050. The molecule has 1 aromatic carbocycles. The Morgan fingerprint density at radius 2 is 1.92 bits per heavy atom. The van der Waals surface area contributed by atoms with E-state index in [9.17, 15) is 14.4 Å². The molecule has 3 rings (SSSR count). The van der Waals surface area contributed by atoms with Crippen LogP contribution in [0.5, 0.6) is 0 Å². The zero-order valence-corrected chi connectivity index (χ0v) is 22.6. The molecule has 1 aliphatic rings. The zero-order valence-electron chi connectivity index (χ0n) is 22.6. The maximum atomic E-state index is 13.8. The van der Waals surface area contributed by atoms with Crippen molar-refractivity contribution in [3.63, 3.8) is 0 Å². The van der Waals surface area contributed by atoms with Crippen LogP contribution in [0.25, 0.3) is 0 Å². The number of benzene rings is 1. The first-order valence-electron chi connectivity index (χ1n) is 13.4. The predicted octanol–water partition coefficient (Wildman–Crippen LogP) is 4.35. The number of amides is 3. The lowest BCUT2D eigenvalue weighted by Crippen LogP contribution is -2.39. The van der Waals surface area contributed by atoms with Crippen LogP contribution in [0.15, 0.2) is 34.7 Å². The molecule has 0 saturated carbocycles. The summed E-state index contributed by atoms with van der Waals surface area (Å²) in [5, 5.41) is 0. The Kier molecular flexibility index (Phi) is 10.4. The largest absolute Gasteiger partial charge is 0.433 e. The molecule has 2 unspecified atom stereocenters. The van der Waals surface area contributed by atoms with E-state index >= 15 is 0 Å². The number of imide groups is 1. The van der Waals surface area contributed by atoms with Crippen molar-refractivity contribution in [2.45, 2.75) is 71.8 Å². The highest BCUT2D eigenvalue weighted by Crippen LogP contribution is 2.31. The summed E-state index contributed by atoms with van der Waals surface area (Å²) in [6.07, 6.45) is 6.59. The highest BCUT2D eigenvalue weighted by Gasteiger charge is 2.33. The highest BCUT2D eigenvalue weighted by molar-refractivity contribution is 6.06. The van der Waals surface area contributed by atoms with E-state index < -0.39 is 23.6 Å². The Morgan fingerprint density at radius 3 is 2.57 bits per heavy atom. The molecule has 37 heavy (non-hydrogen) atoms. The standard InChI is InChI=1S/C29H41N4O4/c1-20(2)19-23-26(37-28(31-23)24-14-8-9-17-32(24)4)29(36)33(25(34)16-15-21(3)27(30)35)18-10-13-22-11-6-5-7-12-22/h5-7,11-12,16,20-21,24H,8-10,13-15,17-19H2,1-4H3,(H2,30,35). The second kappa shape index (κ2) is 13.5. The minimum atomic E-state index is -0.500. The van der Waals surface area contributed by atoms with Gasteiger partial charge in [0.1, 0.15) is 0 Å². The van der Waals surface area contributed by atoms with Gasteiger partial charge < -0.3 is 10.2 Å². The van der Waals surface area contributed by atoms with Gasteiger partial charge in [0.05, 0.1) is 18.2 Å². The number of hydrogen-bond donors (Lipinski definition) is 1. The number of hydrogen-bond acceptors (Lipinski definition) is 6. The molecule has 2 heterocycles. The average molecular weight is 510 g/mol. The maximum absolute atomic E-state index is 13.8. The molecule has 1 aromatic heterocycles. The van der Waals surface area contributed by atoms with E-state index in [0.717, 1.165) is 37.8 Å². The van der Waals surface area contributed by atoms with E-state index in [4.69, 9.17) is 15.1 Å². The maximum Gasteiger partial charge on any atom is 0.298 e. The quantitative estimate of drug-likeness (QED) is 0.456.